The van der Waals surface area contributed by atoms with Gasteiger partial charge in [0.25, 0.3) is 0 Å². The molecule has 114 valence electrons. The molecule has 1 heterocycles. The lowest BCUT2D eigenvalue weighted by molar-refractivity contribution is -0.175. The van der Waals surface area contributed by atoms with E-state index in [4.69, 9.17) is 4.74 Å². The number of hydrogen-bond acceptors (Lipinski definition) is 3. The second-order valence-corrected chi connectivity index (χ2v) is 4.88. The summed E-state index contributed by atoms with van der Waals surface area (Å²) in [7, 11) is 1.69. The van der Waals surface area contributed by atoms with Crippen LogP contribution in [0.15, 0.2) is 30.3 Å². The van der Waals surface area contributed by atoms with Gasteiger partial charge in [-0.15, -0.1) is 0 Å². The van der Waals surface area contributed by atoms with Crippen LogP contribution in [0.4, 0.5) is 13.2 Å². The molecule has 3 nitrogen and oxygen atoms in total. The summed E-state index contributed by atoms with van der Waals surface area (Å²) in [6, 6.07) is 9.20. The molecule has 0 radical (unpaired) electrons. The van der Waals surface area contributed by atoms with Crippen LogP contribution in [0.3, 0.4) is 0 Å². The number of aromatic nitrogens is 1. The Morgan fingerprint density at radius 3 is 2.67 bits per heavy atom. The van der Waals surface area contributed by atoms with E-state index in [-0.39, 0.29) is 12.6 Å². The number of halogens is 3. The van der Waals surface area contributed by atoms with Crippen molar-refractivity contribution in [3.63, 3.8) is 0 Å². The lowest BCUT2D eigenvalue weighted by atomic mass is 10.0. The van der Waals surface area contributed by atoms with Crippen molar-refractivity contribution < 1.29 is 17.9 Å². The molecule has 6 heteroatoms. The van der Waals surface area contributed by atoms with Crippen LogP contribution in [0.5, 0.6) is 0 Å². The number of alkyl halides is 3. The molecular weight excluding hydrogens is 281 g/mol. The first-order chi connectivity index (χ1) is 9.89. The number of benzene rings is 1. The lowest BCUT2D eigenvalue weighted by Gasteiger charge is -2.18. The van der Waals surface area contributed by atoms with Gasteiger partial charge < -0.3 is 10.1 Å². The van der Waals surface area contributed by atoms with E-state index in [1.165, 1.54) is 0 Å². The van der Waals surface area contributed by atoms with Gasteiger partial charge in [-0.25, -0.2) is 0 Å². The number of fused-ring (bicyclic) bond motifs is 1. The maximum absolute atomic E-state index is 12.1. The average Bonchev–Trinajstić information content (AvgIpc) is 2.42. The van der Waals surface area contributed by atoms with Crippen molar-refractivity contribution >= 4 is 10.9 Å². The molecule has 1 unspecified atom stereocenters. The minimum atomic E-state index is -4.30. The highest BCUT2D eigenvalue weighted by molar-refractivity contribution is 5.79. The Bertz CT molecular complexity index is 613. The molecule has 2 rings (SSSR count). The molecule has 2 aromatic rings. The maximum Gasteiger partial charge on any atom is 0.411 e. The highest BCUT2D eigenvalue weighted by atomic mass is 19.4. The summed E-state index contributed by atoms with van der Waals surface area (Å²) in [4.78, 5) is 4.40. The Hall–Kier alpha value is -1.66. The van der Waals surface area contributed by atoms with Crippen LogP contribution in [-0.2, 0) is 4.74 Å². The lowest BCUT2D eigenvalue weighted by Crippen LogP contribution is -2.25. The summed E-state index contributed by atoms with van der Waals surface area (Å²) in [6.45, 7) is 0.634. The SMILES string of the molecule is CNC(COCC(F)(F)F)c1ccc2nc(C)ccc2c1. The monoisotopic (exact) mass is 298 g/mol. The highest BCUT2D eigenvalue weighted by Gasteiger charge is 2.28. The molecule has 0 aliphatic heterocycles. The number of pyridine rings is 1. The zero-order valence-electron chi connectivity index (χ0n) is 11.9. The summed E-state index contributed by atoms with van der Waals surface area (Å²) >= 11 is 0. The quantitative estimate of drug-likeness (QED) is 0.919. The first kappa shape index (κ1) is 15.7. The zero-order valence-corrected chi connectivity index (χ0v) is 11.9. The molecule has 0 saturated carbocycles. The predicted octanol–water partition coefficient (Wildman–Crippen LogP) is 3.38. The van der Waals surface area contributed by atoms with Crippen LogP contribution >= 0.6 is 0 Å². The van der Waals surface area contributed by atoms with Crippen molar-refractivity contribution in [1.29, 1.82) is 0 Å². The normalized spacial score (nSPS) is 13.6. The number of rotatable bonds is 5. The molecule has 0 fully saturated rings. The van der Waals surface area contributed by atoms with Gasteiger partial charge in [0.2, 0.25) is 0 Å². The molecule has 0 saturated heterocycles. The third kappa shape index (κ3) is 4.41. The fourth-order valence-electron chi connectivity index (χ4n) is 2.10. The summed E-state index contributed by atoms with van der Waals surface area (Å²) in [5.41, 5.74) is 2.66. The van der Waals surface area contributed by atoms with Crippen LogP contribution in [0.1, 0.15) is 17.3 Å². The van der Waals surface area contributed by atoms with Crippen molar-refractivity contribution in [1.82, 2.24) is 10.3 Å². The largest absolute Gasteiger partial charge is 0.411 e. The van der Waals surface area contributed by atoms with Crippen molar-refractivity contribution in [2.75, 3.05) is 20.3 Å². The van der Waals surface area contributed by atoms with Crippen LogP contribution in [0, 0.1) is 6.92 Å². The zero-order chi connectivity index (χ0) is 15.5. The van der Waals surface area contributed by atoms with Gasteiger partial charge in [0.05, 0.1) is 18.2 Å². The van der Waals surface area contributed by atoms with E-state index in [0.717, 1.165) is 22.2 Å². The van der Waals surface area contributed by atoms with Crippen LogP contribution < -0.4 is 5.32 Å². The third-order valence-electron chi connectivity index (χ3n) is 3.15. The predicted molar refractivity (Wildman–Crippen MR) is 75.2 cm³/mol. The molecule has 1 aromatic heterocycles. The van der Waals surface area contributed by atoms with Gasteiger partial charge in [-0.3, -0.25) is 4.98 Å². The molecule has 21 heavy (non-hydrogen) atoms. The Morgan fingerprint density at radius 2 is 2.00 bits per heavy atom. The Kier molecular flexibility index (Phi) is 4.80. The highest BCUT2D eigenvalue weighted by Crippen LogP contribution is 2.21. The summed E-state index contributed by atoms with van der Waals surface area (Å²) < 4.78 is 41.0. The Labute approximate surface area is 121 Å². The molecule has 0 amide bonds. The fraction of sp³-hybridized carbons (Fsp3) is 0.400. The number of nitrogens with zero attached hydrogens (tertiary/aromatic N) is 1. The number of nitrogens with one attached hydrogen (secondary N) is 1. The second kappa shape index (κ2) is 6.41. The molecule has 0 aliphatic carbocycles. The first-order valence-electron chi connectivity index (χ1n) is 6.58. The second-order valence-electron chi connectivity index (χ2n) is 4.88. The topological polar surface area (TPSA) is 34.1 Å². The van der Waals surface area contributed by atoms with Crippen LogP contribution in [-0.4, -0.2) is 31.4 Å². The summed E-state index contributed by atoms with van der Waals surface area (Å²) in [5.74, 6) is 0. The minimum absolute atomic E-state index is 0.0409. The van der Waals surface area contributed by atoms with Gasteiger partial charge in [0.1, 0.15) is 6.61 Å². The molecule has 0 bridgehead atoms. The molecule has 1 N–H and O–H groups in total. The van der Waals surface area contributed by atoms with E-state index in [1.807, 2.05) is 37.3 Å². The van der Waals surface area contributed by atoms with E-state index in [0.29, 0.717) is 0 Å². The molecular formula is C15H17F3N2O. The van der Waals surface area contributed by atoms with Gasteiger partial charge in [-0.05, 0) is 37.7 Å². The van der Waals surface area contributed by atoms with Gasteiger partial charge >= 0.3 is 6.18 Å². The Morgan fingerprint density at radius 1 is 1.24 bits per heavy atom. The van der Waals surface area contributed by atoms with E-state index in [9.17, 15) is 13.2 Å². The number of aryl methyl sites for hydroxylation is 1. The Balaban J connectivity index is 2.12. The van der Waals surface area contributed by atoms with E-state index in [1.54, 1.807) is 7.05 Å². The van der Waals surface area contributed by atoms with Crippen molar-refractivity contribution in [3.05, 3.63) is 41.6 Å². The maximum atomic E-state index is 12.1. The van der Waals surface area contributed by atoms with E-state index in [2.05, 4.69) is 10.3 Å². The first-order valence-corrected chi connectivity index (χ1v) is 6.58. The molecule has 0 spiro atoms. The van der Waals surface area contributed by atoms with E-state index >= 15 is 0 Å². The van der Waals surface area contributed by atoms with Gasteiger partial charge in [0.15, 0.2) is 0 Å². The summed E-state index contributed by atoms with van der Waals surface area (Å²) in [5, 5.41) is 3.92. The fourth-order valence-corrected chi connectivity index (χ4v) is 2.10. The van der Waals surface area contributed by atoms with Crippen molar-refractivity contribution in [2.24, 2.45) is 0 Å². The van der Waals surface area contributed by atoms with Crippen molar-refractivity contribution in [2.45, 2.75) is 19.1 Å². The van der Waals surface area contributed by atoms with E-state index < -0.39 is 12.8 Å². The van der Waals surface area contributed by atoms with Gasteiger partial charge in [-0.2, -0.15) is 13.2 Å². The smallest absolute Gasteiger partial charge is 0.370 e. The molecule has 0 aliphatic rings. The van der Waals surface area contributed by atoms with Gasteiger partial charge in [-0.1, -0.05) is 12.1 Å². The molecule has 1 atom stereocenters. The molecule has 1 aromatic carbocycles. The minimum Gasteiger partial charge on any atom is -0.370 e. The number of likely N-dealkylation sites (N-methyl/N-ethyl adjacent to an activating group) is 1. The van der Waals surface area contributed by atoms with Gasteiger partial charge in [0, 0.05) is 11.1 Å². The van der Waals surface area contributed by atoms with Crippen LogP contribution in [0.2, 0.25) is 0 Å². The standard InChI is InChI=1S/C15H17F3N2O/c1-10-3-4-11-7-12(5-6-13(11)20-10)14(19-2)8-21-9-15(16,17)18/h3-7,14,19H,8-9H2,1-2H3. The number of hydrogen-bond donors (Lipinski definition) is 1. The average molecular weight is 298 g/mol. The van der Waals surface area contributed by atoms with Crippen LogP contribution in [0.25, 0.3) is 10.9 Å². The number of ether oxygens (including phenoxy) is 1. The summed E-state index contributed by atoms with van der Waals surface area (Å²) in [6.07, 6.45) is -4.30. The third-order valence-corrected chi connectivity index (χ3v) is 3.15. The van der Waals surface area contributed by atoms with Crippen molar-refractivity contribution in [3.8, 4) is 0 Å².